The lowest BCUT2D eigenvalue weighted by molar-refractivity contribution is -0.143. The molecule has 1 atom stereocenters. The molecular formula is C14H17F6N. The summed E-state index contributed by atoms with van der Waals surface area (Å²) < 4.78 is 76.4. The highest BCUT2D eigenvalue weighted by Crippen LogP contribution is 2.39. The van der Waals surface area contributed by atoms with Gasteiger partial charge in [0.15, 0.2) is 0 Å². The number of nitrogens with two attached hydrogens (primary N) is 1. The summed E-state index contributed by atoms with van der Waals surface area (Å²) in [6.45, 7) is 1.94. The lowest BCUT2D eigenvalue weighted by atomic mass is 9.94. The Morgan fingerprint density at radius 2 is 1.62 bits per heavy atom. The predicted octanol–water partition coefficient (Wildman–Crippen LogP) is 5.30. The van der Waals surface area contributed by atoms with Crippen LogP contribution < -0.4 is 5.73 Å². The molecule has 0 radical (unpaired) electrons. The molecule has 0 aliphatic rings. The molecule has 1 nitrogen and oxygen atoms in total. The second kappa shape index (κ2) is 6.68. The van der Waals surface area contributed by atoms with E-state index in [4.69, 9.17) is 5.73 Å². The normalized spacial score (nSPS) is 14.3. The standard InChI is InChI=1S/C14H17F6N/c1-2-3-4-5-12(21)10-7-6-9(13(15,16)17)8-11(10)14(18,19)20/h6-8,12H,2-5,21H2,1H3/t12-/m1/s1. The smallest absolute Gasteiger partial charge is 0.324 e. The highest BCUT2D eigenvalue weighted by Gasteiger charge is 2.38. The molecule has 0 saturated heterocycles. The summed E-state index contributed by atoms with van der Waals surface area (Å²) in [5.74, 6) is 0. The molecule has 0 aromatic heterocycles. The molecule has 0 spiro atoms. The van der Waals surface area contributed by atoms with Crippen molar-refractivity contribution in [2.24, 2.45) is 5.73 Å². The Morgan fingerprint density at radius 3 is 2.10 bits per heavy atom. The Labute approximate surface area is 119 Å². The van der Waals surface area contributed by atoms with Gasteiger partial charge < -0.3 is 5.73 Å². The highest BCUT2D eigenvalue weighted by molar-refractivity contribution is 5.37. The molecule has 1 aromatic carbocycles. The summed E-state index contributed by atoms with van der Waals surface area (Å²) in [5, 5.41) is 0. The minimum Gasteiger partial charge on any atom is -0.324 e. The van der Waals surface area contributed by atoms with E-state index < -0.39 is 29.5 Å². The van der Waals surface area contributed by atoms with Gasteiger partial charge in [0, 0.05) is 6.04 Å². The van der Waals surface area contributed by atoms with E-state index in [1.165, 1.54) is 0 Å². The van der Waals surface area contributed by atoms with Crippen LogP contribution in [0.25, 0.3) is 0 Å². The van der Waals surface area contributed by atoms with Crippen molar-refractivity contribution in [2.75, 3.05) is 0 Å². The van der Waals surface area contributed by atoms with E-state index in [0.29, 0.717) is 18.9 Å². The molecule has 1 rings (SSSR count). The van der Waals surface area contributed by atoms with Crippen LogP contribution in [0.1, 0.15) is 55.3 Å². The molecule has 0 amide bonds. The Kier molecular flexibility index (Phi) is 5.67. The fraction of sp³-hybridized carbons (Fsp3) is 0.571. The number of alkyl halides is 6. The third kappa shape index (κ3) is 4.91. The number of unbranched alkanes of at least 4 members (excludes halogenated alkanes) is 2. The van der Waals surface area contributed by atoms with Gasteiger partial charge in [-0.25, -0.2) is 0 Å². The van der Waals surface area contributed by atoms with Crippen molar-refractivity contribution in [3.63, 3.8) is 0 Å². The third-order valence-corrected chi connectivity index (χ3v) is 3.20. The van der Waals surface area contributed by atoms with Gasteiger partial charge in [-0.15, -0.1) is 0 Å². The van der Waals surface area contributed by atoms with Gasteiger partial charge >= 0.3 is 12.4 Å². The molecule has 7 heteroatoms. The van der Waals surface area contributed by atoms with E-state index in [1.54, 1.807) is 0 Å². The van der Waals surface area contributed by atoms with Crippen molar-refractivity contribution in [3.8, 4) is 0 Å². The van der Waals surface area contributed by atoms with Crippen LogP contribution in [0.3, 0.4) is 0 Å². The van der Waals surface area contributed by atoms with E-state index in [1.807, 2.05) is 6.92 Å². The number of hydrogen-bond acceptors (Lipinski definition) is 1. The largest absolute Gasteiger partial charge is 0.416 e. The van der Waals surface area contributed by atoms with Gasteiger partial charge in [0.1, 0.15) is 0 Å². The zero-order chi connectivity index (χ0) is 16.3. The van der Waals surface area contributed by atoms with Gasteiger partial charge in [-0.3, -0.25) is 0 Å². The average Bonchev–Trinajstić information content (AvgIpc) is 2.36. The van der Waals surface area contributed by atoms with E-state index in [-0.39, 0.29) is 11.6 Å². The number of benzene rings is 1. The first-order chi connectivity index (χ1) is 9.57. The molecular weight excluding hydrogens is 296 g/mol. The van der Waals surface area contributed by atoms with E-state index in [2.05, 4.69) is 0 Å². The Hall–Kier alpha value is -1.24. The first-order valence-electron chi connectivity index (χ1n) is 6.61. The van der Waals surface area contributed by atoms with Crippen LogP contribution in [0.15, 0.2) is 18.2 Å². The number of halogens is 6. The zero-order valence-electron chi connectivity index (χ0n) is 11.5. The molecule has 0 aliphatic carbocycles. The summed E-state index contributed by atoms with van der Waals surface area (Å²) in [7, 11) is 0. The lowest BCUT2D eigenvalue weighted by Crippen LogP contribution is -2.19. The lowest BCUT2D eigenvalue weighted by Gasteiger charge is -2.20. The van der Waals surface area contributed by atoms with E-state index >= 15 is 0 Å². The van der Waals surface area contributed by atoms with Gasteiger partial charge in [0.05, 0.1) is 11.1 Å². The van der Waals surface area contributed by atoms with Gasteiger partial charge in [-0.05, 0) is 24.1 Å². The predicted molar refractivity (Wildman–Crippen MR) is 67.5 cm³/mol. The maximum atomic E-state index is 12.9. The molecule has 0 saturated carbocycles. The van der Waals surface area contributed by atoms with Crippen molar-refractivity contribution in [3.05, 3.63) is 34.9 Å². The second-order valence-corrected chi connectivity index (χ2v) is 4.90. The SMILES string of the molecule is CCCCC[C@@H](N)c1ccc(C(F)(F)F)cc1C(F)(F)F. The Balaban J connectivity index is 3.14. The fourth-order valence-corrected chi connectivity index (χ4v) is 2.07. The van der Waals surface area contributed by atoms with E-state index in [9.17, 15) is 26.3 Å². The van der Waals surface area contributed by atoms with Gasteiger partial charge in [-0.2, -0.15) is 26.3 Å². The third-order valence-electron chi connectivity index (χ3n) is 3.20. The van der Waals surface area contributed by atoms with E-state index in [0.717, 1.165) is 18.9 Å². The number of rotatable bonds is 5. The number of hydrogen-bond donors (Lipinski definition) is 1. The zero-order valence-corrected chi connectivity index (χ0v) is 11.5. The molecule has 21 heavy (non-hydrogen) atoms. The monoisotopic (exact) mass is 313 g/mol. The summed E-state index contributed by atoms with van der Waals surface area (Å²) in [6, 6.07) is 0.692. The highest BCUT2D eigenvalue weighted by atomic mass is 19.4. The molecule has 2 N–H and O–H groups in total. The Bertz CT molecular complexity index is 464. The van der Waals surface area contributed by atoms with Crippen molar-refractivity contribution in [1.29, 1.82) is 0 Å². The molecule has 0 aliphatic heterocycles. The minimum absolute atomic E-state index is 0.134. The van der Waals surface area contributed by atoms with Crippen molar-refractivity contribution in [2.45, 2.75) is 51.0 Å². The summed E-state index contributed by atoms with van der Waals surface area (Å²) in [6.07, 6.45) is -7.04. The van der Waals surface area contributed by atoms with Crippen LogP contribution in [-0.2, 0) is 12.4 Å². The quantitative estimate of drug-likeness (QED) is 0.579. The topological polar surface area (TPSA) is 26.0 Å². The van der Waals surface area contributed by atoms with Gasteiger partial charge in [0.2, 0.25) is 0 Å². The molecule has 1 aromatic rings. The molecule has 120 valence electrons. The van der Waals surface area contributed by atoms with Gasteiger partial charge in [0.25, 0.3) is 0 Å². The summed E-state index contributed by atoms with van der Waals surface area (Å²) in [4.78, 5) is 0. The average molecular weight is 313 g/mol. The van der Waals surface area contributed by atoms with Crippen LogP contribution in [0.5, 0.6) is 0 Å². The van der Waals surface area contributed by atoms with Crippen LogP contribution in [0.2, 0.25) is 0 Å². The first-order valence-corrected chi connectivity index (χ1v) is 6.61. The molecule has 0 bridgehead atoms. The van der Waals surface area contributed by atoms with Crippen LogP contribution in [0.4, 0.5) is 26.3 Å². The summed E-state index contributed by atoms with van der Waals surface area (Å²) in [5.41, 5.74) is 2.80. The molecule has 0 fully saturated rings. The van der Waals surface area contributed by atoms with Crippen molar-refractivity contribution < 1.29 is 26.3 Å². The summed E-state index contributed by atoms with van der Waals surface area (Å²) >= 11 is 0. The van der Waals surface area contributed by atoms with Gasteiger partial charge in [-0.1, -0.05) is 32.3 Å². The first kappa shape index (κ1) is 17.8. The van der Waals surface area contributed by atoms with Crippen LogP contribution >= 0.6 is 0 Å². The minimum atomic E-state index is -4.86. The van der Waals surface area contributed by atoms with Crippen LogP contribution in [-0.4, -0.2) is 0 Å². The molecule has 0 heterocycles. The van der Waals surface area contributed by atoms with Crippen molar-refractivity contribution in [1.82, 2.24) is 0 Å². The maximum Gasteiger partial charge on any atom is 0.416 e. The maximum absolute atomic E-state index is 12.9. The fourth-order valence-electron chi connectivity index (χ4n) is 2.07. The Morgan fingerprint density at radius 1 is 1.00 bits per heavy atom. The second-order valence-electron chi connectivity index (χ2n) is 4.90. The van der Waals surface area contributed by atoms with Crippen molar-refractivity contribution >= 4 is 0 Å². The van der Waals surface area contributed by atoms with Crippen LogP contribution in [0, 0.1) is 0 Å². The molecule has 0 unspecified atom stereocenters.